The number of rotatable bonds is 4. The van der Waals surface area contributed by atoms with Gasteiger partial charge >= 0.3 is 0 Å². The molecule has 0 aliphatic heterocycles. The van der Waals surface area contributed by atoms with Gasteiger partial charge in [-0.3, -0.25) is 4.79 Å². The fraction of sp³-hybridized carbons (Fsp3) is 0.500. The number of sulfonamides is 1. The van der Waals surface area contributed by atoms with Crippen LogP contribution in [0.4, 0.5) is 0 Å². The van der Waals surface area contributed by atoms with Gasteiger partial charge in [0.2, 0.25) is 10.0 Å². The van der Waals surface area contributed by atoms with E-state index in [1.165, 1.54) is 35.0 Å². The first-order chi connectivity index (χ1) is 9.05. The highest BCUT2D eigenvalue weighted by Gasteiger charge is 2.28. The van der Waals surface area contributed by atoms with Crippen molar-refractivity contribution in [1.82, 2.24) is 4.31 Å². The van der Waals surface area contributed by atoms with E-state index in [2.05, 4.69) is 0 Å². The van der Waals surface area contributed by atoms with Crippen molar-refractivity contribution in [2.24, 2.45) is 0 Å². The van der Waals surface area contributed by atoms with Crippen LogP contribution in [-0.2, 0) is 10.0 Å². The van der Waals surface area contributed by atoms with Crippen molar-refractivity contribution in [3.05, 3.63) is 29.8 Å². The Hall–Kier alpha value is -1.20. The van der Waals surface area contributed by atoms with Crippen LogP contribution in [0.15, 0.2) is 29.2 Å². The lowest BCUT2D eigenvalue weighted by molar-refractivity contribution is 0.112. The first kappa shape index (κ1) is 14.2. The highest BCUT2D eigenvalue weighted by molar-refractivity contribution is 7.89. The number of aldehydes is 1. The van der Waals surface area contributed by atoms with Crippen LogP contribution in [0.1, 0.15) is 42.5 Å². The van der Waals surface area contributed by atoms with Crippen molar-refractivity contribution in [2.45, 2.75) is 43.0 Å². The Morgan fingerprint density at radius 3 is 2.21 bits per heavy atom. The van der Waals surface area contributed by atoms with Gasteiger partial charge < -0.3 is 0 Å². The lowest BCUT2D eigenvalue weighted by Gasteiger charge is -2.30. The minimum Gasteiger partial charge on any atom is -0.298 e. The number of carbonyl (C=O) groups is 1. The van der Waals surface area contributed by atoms with E-state index in [4.69, 9.17) is 0 Å². The zero-order valence-corrected chi connectivity index (χ0v) is 11.9. The summed E-state index contributed by atoms with van der Waals surface area (Å²) < 4.78 is 26.4. The smallest absolute Gasteiger partial charge is 0.243 e. The molecular formula is C14H19NO3S. The SMILES string of the molecule is CN(C1CCCCC1)S(=O)(=O)c1ccc(C=O)cc1. The van der Waals surface area contributed by atoms with Gasteiger partial charge in [-0.1, -0.05) is 31.4 Å². The molecule has 0 bridgehead atoms. The Labute approximate surface area is 114 Å². The summed E-state index contributed by atoms with van der Waals surface area (Å²) in [6, 6.07) is 6.17. The zero-order valence-electron chi connectivity index (χ0n) is 11.1. The van der Waals surface area contributed by atoms with E-state index >= 15 is 0 Å². The summed E-state index contributed by atoms with van der Waals surface area (Å²) in [6.45, 7) is 0. The summed E-state index contributed by atoms with van der Waals surface area (Å²) in [7, 11) is -1.79. The van der Waals surface area contributed by atoms with Gasteiger partial charge in [0.05, 0.1) is 4.90 Å². The van der Waals surface area contributed by atoms with Crippen LogP contribution in [-0.4, -0.2) is 32.1 Å². The summed E-state index contributed by atoms with van der Waals surface area (Å²) in [5.41, 5.74) is 0.485. The van der Waals surface area contributed by atoms with Gasteiger partial charge in [-0.25, -0.2) is 8.42 Å². The summed E-state index contributed by atoms with van der Waals surface area (Å²) in [5, 5.41) is 0. The first-order valence-electron chi connectivity index (χ1n) is 6.59. The van der Waals surface area contributed by atoms with Gasteiger partial charge in [0, 0.05) is 18.7 Å². The maximum Gasteiger partial charge on any atom is 0.243 e. The molecule has 0 aromatic heterocycles. The molecule has 1 fully saturated rings. The molecule has 0 amide bonds. The molecule has 0 heterocycles. The molecule has 2 rings (SSSR count). The minimum absolute atomic E-state index is 0.101. The maximum absolute atomic E-state index is 12.5. The van der Waals surface area contributed by atoms with Gasteiger partial charge in [-0.15, -0.1) is 0 Å². The van der Waals surface area contributed by atoms with Crippen molar-refractivity contribution in [3.8, 4) is 0 Å². The molecule has 1 saturated carbocycles. The molecule has 0 N–H and O–H groups in total. The van der Waals surface area contributed by atoms with Gasteiger partial charge in [0.15, 0.2) is 0 Å². The summed E-state index contributed by atoms with van der Waals surface area (Å²) >= 11 is 0. The monoisotopic (exact) mass is 281 g/mol. The second kappa shape index (κ2) is 5.84. The van der Waals surface area contributed by atoms with E-state index in [0.717, 1.165) is 25.7 Å². The number of benzene rings is 1. The highest BCUT2D eigenvalue weighted by atomic mass is 32.2. The van der Waals surface area contributed by atoms with E-state index in [1.807, 2.05) is 0 Å². The molecule has 1 aliphatic rings. The predicted octanol–water partition coefficient (Wildman–Crippen LogP) is 2.45. The van der Waals surface area contributed by atoms with E-state index in [0.29, 0.717) is 11.8 Å². The third kappa shape index (κ3) is 3.04. The van der Waals surface area contributed by atoms with Crippen molar-refractivity contribution in [1.29, 1.82) is 0 Å². The van der Waals surface area contributed by atoms with E-state index in [-0.39, 0.29) is 10.9 Å². The van der Waals surface area contributed by atoms with Crippen LogP contribution in [0.5, 0.6) is 0 Å². The van der Waals surface area contributed by atoms with Crippen LogP contribution >= 0.6 is 0 Å². The Morgan fingerprint density at radius 2 is 1.68 bits per heavy atom. The second-order valence-corrected chi connectivity index (χ2v) is 7.00. The molecule has 1 aliphatic carbocycles. The fourth-order valence-electron chi connectivity index (χ4n) is 2.53. The molecule has 0 spiro atoms. The van der Waals surface area contributed by atoms with Crippen molar-refractivity contribution in [2.75, 3.05) is 7.05 Å². The standard InChI is InChI=1S/C14H19NO3S/c1-15(13-5-3-2-4-6-13)19(17,18)14-9-7-12(11-16)8-10-14/h7-11,13H,2-6H2,1H3. The maximum atomic E-state index is 12.5. The number of carbonyl (C=O) groups excluding carboxylic acids is 1. The van der Waals surface area contributed by atoms with Crippen LogP contribution in [0.25, 0.3) is 0 Å². The molecule has 5 heteroatoms. The van der Waals surface area contributed by atoms with Gasteiger partial charge in [-0.2, -0.15) is 4.31 Å². The third-order valence-electron chi connectivity index (χ3n) is 3.78. The summed E-state index contributed by atoms with van der Waals surface area (Å²) in [4.78, 5) is 10.8. The average Bonchev–Trinajstić information content (AvgIpc) is 2.47. The Bertz CT molecular complexity index is 530. The largest absolute Gasteiger partial charge is 0.298 e. The average molecular weight is 281 g/mol. The van der Waals surface area contributed by atoms with E-state index in [9.17, 15) is 13.2 Å². The molecule has 0 unspecified atom stereocenters. The van der Waals surface area contributed by atoms with Gasteiger partial charge in [-0.05, 0) is 25.0 Å². The van der Waals surface area contributed by atoms with Crippen molar-refractivity contribution >= 4 is 16.3 Å². The summed E-state index contributed by atoms with van der Waals surface area (Å²) in [6.07, 6.45) is 5.95. The third-order valence-corrected chi connectivity index (χ3v) is 5.71. The van der Waals surface area contributed by atoms with Gasteiger partial charge in [0.25, 0.3) is 0 Å². The Morgan fingerprint density at radius 1 is 1.11 bits per heavy atom. The fourth-order valence-corrected chi connectivity index (χ4v) is 3.94. The van der Waals surface area contributed by atoms with E-state index in [1.54, 1.807) is 7.05 Å². The number of hydrogen-bond donors (Lipinski definition) is 0. The molecule has 19 heavy (non-hydrogen) atoms. The molecule has 1 aromatic carbocycles. The van der Waals surface area contributed by atoms with E-state index < -0.39 is 10.0 Å². The van der Waals surface area contributed by atoms with Crippen LogP contribution in [0, 0.1) is 0 Å². The molecule has 104 valence electrons. The Kier molecular flexibility index (Phi) is 4.37. The normalized spacial score (nSPS) is 17.6. The number of nitrogens with zero attached hydrogens (tertiary/aromatic N) is 1. The number of hydrogen-bond acceptors (Lipinski definition) is 3. The summed E-state index contributed by atoms with van der Waals surface area (Å²) in [5.74, 6) is 0. The van der Waals surface area contributed by atoms with Crippen molar-refractivity contribution in [3.63, 3.8) is 0 Å². The predicted molar refractivity (Wildman–Crippen MR) is 73.7 cm³/mol. The zero-order chi connectivity index (χ0) is 13.9. The highest BCUT2D eigenvalue weighted by Crippen LogP contribution is 2.26. The quantitative estimate of drug-likeness (QED) is 0.797. The minimum atomic E-state index is -3.45. The molecule has 1 aromatic rings. The molecular weight excluding hydrogens is 262 g/mol. The van der Waals surface area contributed by atoms with Gasteiger partial charge in [0.1, 0.15) is 6.29 Å². The second-order valence-electron chi connectivity index (χ2n) is 5.00. The molecule has 4 nitrogen and oxygen atoms in total. The van der Waals surface area contributed by atoms with Crippen LogP contribution in [0.2, 0.25) is 0 Å². The van der Waals surface area contributed by atoms with Crippen LogP contribution < -0.4 is 0 Å². The lowest BCUT2D eigenvalue weighted by Crippen LogP contribution is -2.38. The van der Waals surface area contributed by atoms with Crippen molar-refractivity contribution < 1.29 is 13.2 Å². The molecule has 0 radical (unpaired) electrons. The van der Waals surface area contributed by atoms with Crippen LogP contribution in [0.3, 0.4) is 0 Å². The molecule has 0 atom stereocenters. The first-order valence-corrected chi connectivity index (χ1v) is 8.03. The lowest BCUT2D eigenvalue weighted by atomic mass is 9.96. The topological polar surface area (TPSA) is 54.5 Å². The molecule has 0 saturated heterocycles. The Balaban J connectivity index is 2.22.